The van der Waals surface area contributed by atoms with Crippen molar-refractivity contribution in [2.75, 3.05) is 34.3 Å². The Morgan fingerprint density at radius 2 is 2.25 bits per heavy atom. The second-order valence-electron chi connectivity index (χ2n) is 5.59. The van der Waals surface area contributed by atoms with Crippen LogP contribution in [0.3, 0.4) is 0 Å². The standard InChI is InChI=1S/C15H24N4O/c1-18(2)12-6-7-19(10-12)9-11-4-5-13(15(16)17)14(8-11)20-3/h4-5,8,12H,6-7,9-10H2,1-3H3,(H3,16,17). The molecule has 0 saturated carbocycles. The molecule has 1 aromatic rings. The Morgan fingerprint density at radius 3 is 2.80 bits per heavy atom. The lowest BCUT2D eigenvalue weighted by molar-refractivity contribution is 0.264. The molecule has 1 unspecified atom stereocenters. The molecule has 1 fully saturated rings. The summed E-state index contributed by atoms with van der Waals surface area (Å²) in [4.78, 5) is 4.74. The van der Waals surface area contributed by atoms with E-state index in [0.717, 1.165) is 19.6 Å². The van der Waals surface area contributed by atoms with Crippen LogP contribution in [0.1, 0.15) is 17.5 Å². The lowest BCUT2D eigenvalue weighted by atomic mass is 10.1. The van der Waals surface area contributed by atoms with Gasteiger partial charge in [0.05, 0.1) is 12.7 Å². The number of nitrogens with one attached hydrogen (secondary N) is 1. The molecule has 5 nitrogen and oxygen atoms in total. The molecule has 0 radical (unpaired) electrons. The van der Waals surface area contributed by atoms with Crippen molar-refractivity contribution in [3.63, 3.8) is 0 Å². The topological polar surface area (TPSA) is 65.6 Å². The van der Waals surface area contributed by atoms with Crippen molar-refractivity contribution in [3.8, 4) is 5.75 Å². The molecule has 1 heterocycles. The highest BCUT2D eigenvalue weighted by atomic mass is 16.5. The average Bonchev–Trinajstić information content (AvgIpc) is 2.87. The highest BCUT2D eigenvalue weighted by Crippen LogP contribution is 2.22. The molecule has 20 heavy (non-hydrogen) atoms. The van der Waals surface area contributed by atoms with Gasteiger partial charge in [-0.1, -0.05) is 6.07 Å². The molecule has 2 rings (SSSR count). The summed E-state index contributed by atoms with van der Waals surface area (Å²) in [5.74, 6) is 0.723. The van der Waals surface area contributed by atoms with Crippen LogP contribution in [0.2, 0.25) is 0 Å². The summed E-state index contributed by atoms with van der Waals surface area (Å²) < 4.78 is 5.32. The third-order valence-corrected chi connectivity index (χ3v) is 3.94. The fourth-order valence-electron chi connectivity index (χ4n) is 2.69. The number of nitrogen functional groups attached to an aromatic ring is 1. The molecule has 0 aromatic heterocycles. The number of likely N-dealkylation sites (N-methyl/N-ethyl adjacent to an activating group) is 1. The zero-order chi connectivity index (χ0) is 14.7. The Labute approximate surface area is 120 Å². The average molecular weight is 276 g/mol. The summed E-state index contributed by atoms with van der Waals surface area (Å²) in [6, 6.07) is 6.53. The van der Waals surface area contributed by atoms with Gasteiger partial charge in [0, 0.05) is 25.7 Å². The van der Waals surface area contributed by atoms with E-state index in [2.05, 4.69) is 23.9 Å². The molecule has 1 atom stereocenters. The van der Waals surface area contributed by atoms with Crippen molar-refractivity contribution in [1.29, 1.82) is 5.41 Å². The number of hydrogen-bond acceptors (Lipinski definition) is 4. The largest absolute Gasteiger partial charge is 0.496 e. The third kappa shape index (κ3) is 3.29. The van der Waals surface area contributed by atoms with Crippen LogP contribution in [-0.2, 0) is 6.54 Å². The summed E-state index contributed by atoms with van der Waals surface area (Å²) >= 11 is 0. The Morgan fingerprint density at radius 1 is 1.50 bits per heavy atom. The van der Waals surface area contributed by atoms with E-state index in [-0.39, 0.29) is 5.84 Å². The number of methoxy groups -OCH3 is 1. The Bertz CT molecular complexity index is 487. The van der Waals surface area contributed by atoms with E-state index < -0.39 is 0 Å². The molecular formula is C15H24N4O. The molecule has 0 spiro atoms. The number of amidine groups is 1. The smallest absolute Gasteiger partial charge is 0.130 e. The van der Waals surface area contributed by atoms with Crippen molar-refractivity contribution >= 4 is 5.84 Å². The maximum atomic E-state index is 7.53. The first-order valence-electron chi connectivity index (χ1n) is 6.91. The second kappa shape index (κ2) is 6.24. The van der Waals surface area contributed by atoms with Crippen molar-refractivity contribution in [3.05, 3.63) is 29.3 Å². The van der Waals surface area contributed by atoms with Crippen molar-refractivity contribution in [2.24, 2.45) is 5.73 Å². The Hall–Kier alpha value is -1.59. The van der Waals surface area contributed by atoms with Gasteiger partial charge in [-0.05, 0) is 38.2 Å². The minimum atomic E-state index is 0.0437. The predicted octanol–water partition coefficient (Wildman–Crippen LogP) is 1.12. The maximum absolute atomic E-state index is 7.53. The summed E-state index contributed by atoms with van der Waals surface area (Å²) in [5.41, 5.74) is 7.40. The lowest BCUT2D eigenvalue weighted by Gasteiger charge is -2.20. The van der Waals surface area contributed by atoms with Crippen LogP contribution in [0.15, 0.2) is 18.2 Å². The maximum Gasteiger partial charge on any atom is 0.130 e. The molecule has 0 bridgehead atoms. The highest BCUT2D eigenvalue weighted by molar-refractivity contribution is 5.97. The summed E-state index contributed by atoms with van der Waals surface area (Å²) in [5, 5.41) is 7.53. The monoisotopic (exact) mass is 276 g/mol. The first kappa shape index (κ1) is 14.8. The van der Waals surface area contributed by atoms with Crippen LogP contribution in [-0.4, -0.2) is 56.0 Å². The van der Waals surface area contributed by atoms with Gasteiger partial charge in [0.15, 0.2) is 0 Å². The molecule has 3 N–H and O–H groups in total. The van der Waals surface area contributed by atoms with Crippen molar-refractivity contribution in [2.45, 2.75) is 19.0 Å². The number of likely N-dealkylation sites (tertiary alicyclic amines) is 1. The zero-order valence-corrected chi connectivity index (χ0v) is 12.5. The molecule has 0 amide bonds. The SMILES string of the molecule is COc1cc(CN2CCC(N(C)C)C2)ccc1C(=N)N. The van der Waals surface area contributed by atoms with Gasteiger partial charge < -0.3 is 15.4 Å². The van der Waals surface area contributed by atoms with Gasteiger partial charge in [-0.25, -0.2) is 0 Å². The van der Waals surface area contributed by atoms with Crippen molar-refractivity contribution in [1.82, 2.24) is 9.80 Å². The van der Waals surface area contributed by atoms with Gasteiger partial charge in [0.2, 0.25) is 0 Å². The fourth-order valence-corrected chi connectivity index (χ4v) is 2.69. The molecule has 1 aliphatic heterocycles. The summed E-state index contributed by atoms with van der Waals surface area (Å²) in [6.45, 7) is 3.14. The summed E-state index contributed by atoms with van der Waals surface area (Å²) in [6.07, 6.45) is 1.22. The van der Waals surface area contributed by atoms with Crippen LogP contribution < -0.4 is 10.5 Å². The lowest BCUT2D eigenvalue weighted by Crippen LogP contribution is -2.31. The van der Waals surface area contributed by atoms with Crippen molar-refractivity contribution < 1.29 is 4.74 Å². The van der Waals surface area contributed by atoms with Gasteiger partial charge in [0.25, 0.3) is 0 Å². The molecule has 0 aliphatic carbocycles. The number of ether oxygens (including phenoxy) is 1. The van der Waals surface area contributed by atoms with Gasteiger partial charge in [-0.15, -0.1) is 0 Å². The first-order valence-corrected chi connectivity index (χ1v) is 6.91. The molecule has 5 heteroatoms. The molecular weight excluding hydrogens is 252 g/mol. The number of nitrogens with zero attached hydrogens (tertiary/aromatic N) is 2. The molecule has 110 valence electrons. The summed E-state index contributed by atoms with van der Waals surface area (Å²) in [7, 11) is 5.89. The van der Waals surface area contributed by atoms with E-state index in [9.17, 15) is 0 Å². The molecule has 1 aliphatic rings. The van der Waals surface area contributed by atoms with Crippen LogP contribution in [0, 0.1) is 5.41 Å². The molecule has 1 saturated heterocycles. The minimum absolute atomic E-state index is 0.0437. The fraction of sp³-hybridized carbons (Fsp3) is 0.533. The Kier molecular flexibility index (Phi) is 4.62. The second-order valence-corrected chi connectivity index (χ2v) is 5.59. The minimum Gasteiger partial charge on any atom is -0.496 e. The van der Waals surface area contributed by atoms with E-state index in [1.54, 1.807) is 7.11 Å². The van der Waals surface area contributed by atoms with E-state index in [0.29, 0.717) is 17.4 Å². The van der Waals surface area contributed by atoms with Crippen LogP contribution in [0.4, 0.5) is 0 Å². The van der Waals surface area contributed by atoms with E-state index in [1.165, 1.54) is 12.0 Å². The van der Waals surface area contributed by atoms with Gasteiger partial charge in [0.1, 0.15) is 11.6 Å². The van der Waals surface area contributed by atoms with Crippen LogP contribution >= 0.6 is 0 Å². The normalized spacial score (nSPS) is 19.5. The number of rotatable bonds is 5. The number of hydrogen-bond donors (Lipinski definition) is 2. The number of benzene rings is 1. The third-order valence-electron chi connectivity index (χ3n) is 3.94. The molecule has 1 aromatic carbocycles. The van der Waals surface area contributed by atoms with Crippen LogP contribution in [0.25, 0.3) is 0 Å². The van der Waals surface area contributed by atoms with Gasteiger partial charge in [-0.3, -0.25) is 10.3 Å². The van der Waals surface area contributed by atoms with E-state index in [1.807, 2.05) is 18.2 Å². The van der Waals surface area contributed by atoms with E-state index >= 15 is 0 Å². The zero-order valence-electron chi connectivity index (χ0n) is 12.5. The van der Waals surface area contributed by atoms with Crippen LogP contribution in [0.5, 0.6) is 5.75 Å². The Balaban J connectivity index is 2.05. The number of nitrogens with two attached hydrogens (primary N) is 1. The van der Waals surface area contributed by atoms with E-state index in [4.69, 9.17) is 15.9 Å². The first-order chi connectivity index (χ1) is 9.51. The predicted molar refractivity (Wildman–Crippen MR) is 81.4 cm³/mol. The van der Waals surface area contributed by atoms with Gasteiger partial charge >= 0.3 is 0 Å². The van der Waals surface area contributed by atoms with Gasteiger partial charge in [-0.2, -0.15) is 0 Å². The quantitative estimate of drug-likeness (QED) is 0.625. The highest BCUT2D eigenvalue weighted by Gasteiger charge is 2.23.